The molecule has 0 unspecified atom stereocenters. The van der Waals surface area contributed by atoms with Gasteiger partial charge in [0.2, 0.25) is 5.95 Å². The van der Waals surface area contributed by atoms with E-state index >= 15 is 0 Å². The molecule has 1 aliphatic heterocycles. The summed E-state index contributed by atoms with van der Waals surface area (Å²) in [7, 11) is 0. The minimum Gasteiger partial charge on any atom is -0.337 e. The zero-order valence-corrected chi connectivity index (χ0v) is 15.3. The Labute approximate surface area is 165 Å². The van der Waals surface area contributed by atoms with Gasteiger partial charge in [0.15, 0.2) is 0 Å². The molecular weight excluding hydrogens is 380 g/mol. The third-order valence-electron chi connectivity index (χ3n) is 4.50. The highest BCUT2D eigenvalue weighted by Gasteiger charge is 2.24. The predicted molar refractivity (Wildman–Crippen MR) is 102 cm³/mol. The van der Waals surface area contributed by atoms with Crippen molar-refractivity contribution < 1.29 is 13.6 Å². The van der Waals surface area contributed by atoms with E-state index in [2.05, 4.69) is 25.3 Å². The summed E-state index contributed by atoms with van der Waals surface area (Å²) in [6.45, 7) is 2.14. The molecule has 148 valence electrons. The van der Waals surface area contributed by atoms with Gasteiger partial charge in [0.25, 0.3) is 5.91 Å². The van der Waals surface area contributed by atoms with E-state index in [1.165, 1.54) is 18.5 Å². The number of hydrogen-bond acceptors (Lipinski definition) is 7. The number of hydrogen-bond donors (Lipinski definition) is 1. The summed E-state index contributed by atoms with van der Waals surface area (Å²) in [5.41, 5.74) is -0.190. The second kappa shape index (κ2) is 8.13. The van der Waals surface area contributed by atoms with Gasteiger partial charge in [-0.15, -0.1) is 0 Å². The van der Waals surface area contributed by atoms with Crippen LogP contribution in [0.25, 0.3) is 0 Å². The molecule has 8 nitrogen and oxygen atoms in total. The largest absolute Gasteiger partial charge is 0.337 e. The number of halogens is 2. The second-order valence-electron chi connectivity index (χ2n) is 6.34. The number of aromatic nitrogens is 4. The molecule has 1 aromatic carbocycles. The van der Waals surface area contributed by atoms with Crippen LogP contribution in [0.1, 0.15) is 10.5 Å². The van der Waals surface area contributed by atoms with Gasteiger partial charge in [-0.2, -0.15) is 0 Å². The number of carbonyl (C=O) groups excluding carboxylic acids is 1. The molecule has 0 aliphatic carbocycles. The molecule has 3 heterocycles. The molecule has 0 atom stereocenters. The standard InChI is InChI=1S/C19H17F2N7O/c20-13-3-1-4-14(21)17(13)26-16-11-15(24-12-25-16)18(29)27-7-9-28(10-8-27)19-22-5-2-6-23-19/h1-6,11-12H,7-10H2,(H,24,25,26). The lowest BCUT2D eigenvalue weighted by Gasteiger charge is -2.34. The summed E-state index contributed by atoms with van der Waals surface area (Å²) in [5.74, 6) is -1.03. The van der Waals surface area contributed by atoms with Crippen LogP contribution in [-0.2, 0) is 0 Å². The van der Waals surface area contributed by atoms with E-state index in [4.69, 9.17) is 0 Å². The molecular formula is C19H17F2N7O. The number of anilines is 3. The molecule has 4 rings (SSSR count). The summed E-state index contributed by atoms with van der Waals surface area (Å²) >= 11 is 0. The number of nitrogens with zero attached hydrogens (tertiary/aromatic N) is 6. The third kappa shape index (κ3) is 4.10. The van der Waals surface area contributed by atoms with Crippen molar-refractivity contribution in [1.82, 2.24) is 24.8 Å². The van der Waals surface area contributed by atoms with Crippen LogP contribution in [0, 0.1) is 11.6 Å². The number of rotatable bonds is 4. The van der Waals surface area contributed by atoms with Gasteiger partial charge in [-0.3, -0.25) is 4.79 Å². The maximum absolute atomic E-state index is 13.8. The summed E-state index contributed by atoms with van der Waals surface area (Å²) in [5, 5.41) is 2.57. The fourth-order valence-electron chi connectivity index (χ4n) is 3.01. The van der Waals surface area contributed by atoms with Crippen molar-refractivity contribution in [3.05, 3.63) is 66.4 Å². The number of para-hydroxylation sites is 1. The first kappa shape index (κ1) is 18.7. The lowest BCUT2D eigenvalue weighted by atomic mass is 10.2. The summed E-state index contributed by atoms with van der Waals surface area (Å²) in [6, 6.07) is 6.66. The fraction of sp³-hybridized carbons (Fsp3) is 0.211. The zero-order chi connectivity index (χ0) is 20.2. The van der Waals surface area contributed by atoms with Crippen molar-refractivity contribution in [3.8, 4) is 0 Å². The molecule has 2 aromatic heterocycles. The molecule has 10 heteroatoms. The maximum Gasteiger partial charge on any atom is 0.272 e. The van der Waals surface area contributed by atoms with Crippen LogP contribution in [0.5, 0.6) is 0 Å². The van der Waals surface area contributed by atoms with Crippen LogP contribution in [0.15, 0.2) is 49.1 Å². The van der Waals surface area contributed by atoms with Crippen molar-refractivity contribution in [2.45, 2.75) is 0 Å². The van der Waals surface area contributed by atoms with Crippen molar-refractivity contribution >= 4 is 23.4 Å². The molecule has 0 saturated carbocycles. The Hall–Kier alpha value is -3.69. The van der Waals surface area contributed by atoms with Crippen molar-refractivity contribution in [2.75, 3.05) is 36.4 Å². The Morgan fingerprint density at radius 2 is 1.62 bits per heavy atom. The molecule has 0 radical (unpaired) electrons. The van der Waals surface area contributed by atoms with Crippen molar-refractivity contribution in [1.29, 1.82) is 0 Å². The number of carbonyl (C=O) groups is 1. The van der Waals surface area contributed by atoms with Crippen LogP contribution in [-0.4, -0.2) is 56.9 Å². The second-order valence-corrected chi connectivity index (χ2v) is 6.34. The highest BCUT2D eigenvalue weighted by atomic mass is 19.1. The molecule has 0 spiro atoms. The molecule has 1 fully saturated rings. The average molecular weight is 397 g/mol. The van der Waals surface area contributed by atoms with Gasteiger partial charge in [-0.05, 0) is 18.2 Å². The minimum absolute atomic E-state index is 0.128. The number of nitrogens with one attached hydrogen (secondary N) is 1. The van der Waals surface area contributed by atoms with Crippen LogP contribution < -0.4 is 10.2 Å². The predicted octanol–water partition coefficient (Wildman–Crippen LogP) is 2.25. The van der Waals surface area contributed by atoms with Crippen molar-refractivity contribution in [2.24, 2.45) is 0 Å². The molecule has 1 saturated heterocycles. The van der Waals surface area contributed by atoms with Gasteiger partial charge < -0.3 is 15.1 Å². The minimum atomic E-state index is -0.754. The SMILES string of the molecule is O=C(c1cc(Nc2c(F)cccc2F)ncn1)N1CCN(c2ncccn2)CC1. The molecule has 0 bridgehead atoms. The Bertz CT molecular complexity index is 990. The van der Waals surface area contributed by atoms with Gasteiger partial charge >= 0.3 is 0 Å². The zero-order valence-electron chi connectivity index (χ0n) is 15.3. The van der Waals surface area contributed by atoms with Crippen LogP contribution in [0.4, 0.5) is 26.2 Å². The van der Waals surface area contributed by atoms with E-state index in [9.17, 15) is 13.6 Å². The molecule has 1 N–H and O–H groups in total. The molecule has 1 aliphatic rings. The summed E-state index contributed by atoms with van der Waals surface area (Å²) in [6.07, 6.45) is 4.53. The summed E-state index contributed by atoms with van der Waals surface area (Å²) in [4.78, 5) is 32.8. The van der Waals surface area contributed by atoms with E-state index < -0.39 is 11.6 Å². The van der Waals surface area contributed by atoms with Gasteiger partial charge in [0.1, 0.15) is 35.2 Å². The van der Waals surface area contributed by atoms with Crippen LogP contribution in [0.3, 0.4) is 0 Å². The van der Waals surface area contributed by atoms with Crippen LogP contribution >= 0.6 is 0 Å². The van der Waals surface area contributed by atoms with Gasteiger partial charge in [-0.1, -0.05) is 6.07 Å². The third-order valence-corrected chi connectivity index (χ3v) is 4.50. The fourth-order valence-corrected chi connectivity index (χ4v) is 3.01. The van der Waals surface area contributed by atoms with Gasteiger partial charge in [0, 0.05) is 44.6 Å². The van der Waals surface area contributed by atoms with E-state index in [-0.39, 0.29) is 23.1 Å². The Morgan fingerprint density at radius 3 is 2.31 bits per heavy atom. The normalized spacial score (nSPS) is 14.0. The highest BCUT2D eigenvalue weighted by molar-refractivity contribution is 5.93. The van der Waals surface area contributed by atoms with E-state index in [0.29, 0.717) is 32.1 Å². The summed E-state index contributed by atoms with van der Waals surface area (Å²) < 4.78 is 27.7. The first-order valence-electron chi connectivity index (χ1n) is 8.96. The number of piperazine rings is 1. The Kier molecular flexibility index (Phi) is 5.23. The highest BCUT2D eigenvalue weighted by Crippen LogP contribution is 2.22. The lowest BCUT2D eigenvalue weighted by molar-refractivity contribution is 0.0740. The maximum atomic E-state index is 13.8. The number of benzene rings is 1. The average Bonchev–Trinajstić information content (AvgIpc) is 2.77. The van der Waals surface area contributed by atoms with Crippen LogP contribution in [0.2, 0.25) is 0 Å². The Balaban J connectivity index is 1.44. The lowest BCUT2D eigenvalue weighted by Crippen LogP contribution is -2.49. The molecule has 29 heavy (non-hydrogen) atoms. The van der Waals surface area contributed by atoms with Crippen molar-refractivity contribution in [3.63, 3.8) is 0 Å². The smallest absolute Gasteiger partial charge is 0.272 e. The molecule has 1 amide bonds. The van der Waals surface area contributed by atoms with Gasteiger partial charge in [0.05, 0.1) is 0 Å². The monoisotopic (exact) mass is 397 g/mol. The first-order chi connectivity index (χ1) is 14.1. The quantitative estimate of drug-likeness (QED) is 0.723. The number of amides is 1. The van der Waals surface area contributed by atoms with Gasteiger partial charge in [-0.25, -0.2) is 28.7 Å². The Morgan fingerprint density at radius 1 is 0.931 bits per heavy atom. The topological polar surface area (TPSA) is 87.1 Å². The van der Waals surface area contributed by atoms with E-state index in [0.717, 1.165) is 12.1 Å². The van der Waals surface area contributed by atoms with E-state index in [1.54, 1.807) is 23.4 Å². The molecule has 3 aromatic rings. The first-order valence-corrected chi connectivity index (χ1v) is 8.96. The van der Waals surface area contributed by atoms with E-state index in [1.807, 2.05) is 4.90 Å².